The van der Waals surface area contributed by atoms with E-state index in [1.54, 1.807) is 6.92 Å². The van der Waals surface area contributed by atoms with Gasteiger partial charge in [-0.2, -0.15) is 0 Å². The molecular weight excluding hydrogens is 209 g/mol. The van der Waals surface area contributed by atoms with E-state index in [9.17, 15) is 14.9 Å². The van der Waals surface area contributed by atoms with Gasteiger partial charge in [0, 0.05) is 18.6 Å². The molecule has 5 nitrogen and oxygen atoms in total. The van der Waals surface area contributed by atoms with Crippen molar-refractivity contribution in [1.29, 1.82) is 0 Å². The van der Waals surface area contributed by atoms with Gasteiger partial charge in [0.25, 0.3) is 5.69 Å². The van der Waals surface area contributed by atoms with Crippen LogP contribution in [0.3, 0.4) is 0 Å². The molecule has 0 aliphatic heterocycles. The number of hydrogen-bond acceptors (Lipinski definition) is 4. The zero-order valence-electron chi connectivity index (χ0n) is 9.60. The number of nitro groups is 1. The standard InChI is InChI=1S/C9H9NO4.Na.H/c1-2-9(11)14-8-5-3-7(4-6-8)10(12)13;;/h3-6H,2H2,1H3;;/q;+1;-1. The predicted octanol–water partition coefficient (Wildman–Crippen LogP) is -0.973. The van der Waals surface area contributed by atoms with Gasteiger partial charge < -0.3 is 6.16 Å². The third kappa shape index (κ3) is 4.42. The SMILES string of the molecule is CCC(=O)Oc1ccc([N+](=O)[O-])cc1.[H-].[Na+]. The Bertz CT molecular complexity index is 355. The molecule has 1 rings (SSSR count). The molecule has 76 valence electrons. The smallest absolute Gasteiger partial charge is 1.00 e. The minimum atomic E-state index is -0.509. The van der Waals surface area contributed by atoms with E-state index in [-0.39, 0.29) is 49.1 Å². The van der Waals surface area contributed by atoms with Crippen LogP contribution < -0.4 is 34.3 Å². The summed E-state index contributed by atoms with van der Waals surface area (Å²) >= 11 is 0. The first-order chi connectivity index (χ1) is 6.63. The van der Waals surface area contributed by atoms with E-state index in [4.69, 9.17) is 4.74 Å². The molecule has 0 fully saturated rings. The average Bonchev–Trinajstić information content (AvgIpc) is 2.18. The van der Waals surface area contributed by atoms with Crippen molar-refractivity contribution < 1.29 is 45.4 Å². The number of carbonyl (C=O) groups is 1. The number of nitrogens with zero attached hydrogens (tertiary/aromatic N) is 1. The summed E-state index contributed by atoms with van der Waals surface area (Å²) in [6.45, 7) is 1.67. The van der Waals surface area contributed by atoms with Crippen LogP contribution >= 0.6 is 0 Å². The molecule has 0 spiro atoms. The maximum Gasteiger partial charge on any atom is 1.00 e. The van der Waals surface area contributed by atoms with Crippen molar-refractivity contribution in [2.45, 2.75) is 13.3 Å². The fraction of sp³-hybridized carbons (Fsp3) is 0.222. The van der Waals surface area contributed by atoms with E-state index in [0.29, 0.717) is 5.75 Å². The van der Waals surface area contributed by atoms with Gasteiger partial charge in [0.15, 0.2) is 0 Å². The van der Waals surface area contributed by atoms with Gasteiger partial charge in [0.2, 0.25) is 0 Å². The maximum atomic E-state index is 10.8. The van der Waals surface area contributed by atoms with Crippen LogP contribution in [0.2, 0.25) is 0 Å². The van der Waals surface area contributed by atoms with Crippen LogP contribution in [-0.4, -0.2) is 10.9 Å². The number of benzene rings is 1. The summed E-state index contributed by atoms with van der Waals surface area (Å²) in [6, 6.07) is 5.37. The van der Waals surface area contributed by atoms with Crippen molar-refractivity contribution in [3.63, 3.8) is 0 Å². The molecule has 6 heteroatoms. The average molecular weight is 219 g/mol. The molecular formula is C9H10NNaO4. The quantitative estimate of drug-likeness (QED) is 0.215. The summed E-state index contributed by atoms with van der Waals surface area (Å²) in [5, 5.41) is 10.3. The summed E-state index contributed by atoms with van der Waals surface area (Å²) in [7, 11) is 0. The fourth-order valence-corrected chi connectivity index (χ4v) is 0.840. The molecule has 15 heavy (non-hydrogen) atoms. The molecule has 1 aromatic rings. The van der Waals surface area contributed by atoms with E-state index >= 15 is 0 Å². The summed E-state index contributed by atoms with van der Waals surface area (Å²) < 4.78 is 4.84. The second-order valence-electron chi connectivity index (χ2n) is 2.58. The predicted molar refractivity (Wildman–Crippen MR) is 50.1 cm³/mol. The normalized spacial score (nSPS) is 8.87. The molecule has 0 amide bonds. The Hall–Kier alpha value is -0.910. The Kier molecular flexibility index (Phi) is 6.15. The molecule has 0 atom stereocenters. The molecule has 0 heterocycles. The summed E-state index contributed by atoms with van der Waals surface area (Å²) in [5.41, 5.74) is -0.0266. The van der Waals surface area contributed by atoms with E-state index in [1.165, 1.54) is 24.3 Å². The van der Waals surface area contributed by atoms with Gasteiger partial charge in [-0.3, -0.25) is 14.9 Å². The van der Waals surface area contributed by atoms with Gasteiger partial charge >= 0.3 is 35.5 Å². The van der Waals surface area contributed by atoms with Gasteiger partial charge in [-0.15, -0.1) is 0 Å². The monoisotopic (exact) mass is 219 g/mol. The Morgan fingerprint density at radius 3 is 2.40 bits per heavy atom. The summed E-state index contributed by atoms with van der Waals surface area (Å²) in [5.74, 6) is -0.0405. The number of hydrogen-bond donors (Lipinski definition) is 0. The molecule has 0 aromatic heterocycles. The largest absolute Gasteiger partial charge is 1.00 e. The van der Waals surface area contributed by atoms with Crippen LogP contribution in [0, 0.1) is 10.1 Å². The van der Waals surface area contributed by atoms with Crippen molar-refractivity contribution in [3.05, 3.63) is 34.4 Å². The maximum absolute atomic E-state index is 10.8. The molecule has 0 aliphatic carbocycles. The van der Waals surface area contributed by atoms with Gasteiger partial charge in [-0.05, 0) is 12.1 Å². The minimum Gasteiger partial charge on any atom is -1.00 e. The zero-order valence-corrected chi connectivity index (χ0v) is 10.6. The van der Waals surface area contributed by atoms with Crippen molar-refractivity contribution in [2.75, 3.05) is 0 Å². The Morgan fingerprint density at radius 1 is 1.47 bits per heavy atom. The molecule has 0 radical (unpaired) electrons. The first kappa shape index (κ1) is 14.1. The van der Waals surface area contributed by atoms with Gasteiger partial charge in [0.1, 0.15) is 5.75 Å². The molecule has 1 aromatic carbocycles. The first-order valence-electron chi connectivity index (χ1n) is 4.08. The Balaban J connectivity index is 0. The van der Waals surface area contributed by atoms with E-state index in [0.717, 1.165) is 0 Å². The molecule has 0 unspecified atom stereocenters. The topological polar surface area (TPSA) is 69.4 Å². The van der Waals surface area contributed by atoms with Crippen LogP contribution in [0.1, 0.15) is 14.8 Å². The van der Waals surface area contributed by atoms with Gasteiger partial charge in [-0.1, -0.05) is 6.92 Å². The van der Waals surface area contributed by atoms with Crippen molar-refractivity contribution in [3.8, 4) is 5.75 Å². The van der Waals surface area contributed by atoms with Gasteiger partial charge in [0.05, 0.1) is 4.92 Å². The summed E-state index contributed by atoms with van der Waals surface area (Å²) in [4.78, 5) is 20.6. The number of carbonyl (C=O) groups excluding carboxylic acids is 1. The second kappa shape index (κ2) is 6.55. The molecule has 0 saturated carbocycles. The number of esters is 1. The van der Waals surface area contributed by atoms with Crippen molar-refractivity contribution in [2.24, 2.45) is 0 Å². The van der Waals surface area contributed by atoms with Crippen LogP contribution in [0.5, 0.6) is 5.75 Å². The number of non-ortho nitro benzene ring substituents is 1. The van der Waals surface area contributed by atoms with Crippen molar-refractivity contribution >= 4 is 11.7 Å². The van der Waals surface area contributed by atoms with Crippen LogP contribution in [-0.2, 0) is 4.79 Å². The number of rotatable bonds is 3. The van der Waals surface area contributed by atoms with Crippen LogP contribution in [0.4, 0.5) is 5.69 Å². The second-order valence-corrected chi connectivity index (χ2v) is 2.58. The van der Waals surface area contributed by atoms with E-state index in [2.05, 4.69) is 0 Å². The molecule has 0 aliphatic rings. The van der Waals surface area contributed by atoms with E-state index < -0.39 is 4.92 Å². The fourth-order valence-electron chi connectivity index (χ4n) is 0.840. The number of ether oxygens (including phenoxy) is 1. The minimum absolute atomic E-state index is 0. The van der Waals surface area contributed by atoms with Crippen LogP contribution in [0.25, 0.3) is 0 Å². The Labute approximate surface area is 110 Å². The van der Waals surface area contributed by atoms with Crippen LogP contribution in [0.15, 0.2) is 24.3 Å². The van der Waals surface area contributed by atoms with Gasteiger partial charge in [-0.25, -0.2) is 0 Å². The third-order valence-electron chi connectivity index (χ3n) is 1.57. The number of nitro benzene ring substituents is 1. The zero-order chi connectivity index (χ0) is 10.6. The van der Waals surface area contributed by atoms with E-state index in [1.807, 2.05) is 0 Å². The Morgan fingerprint density at radius 2 is 2.00 bits per heavy atom. The summed E-state index contributed by atoms with van der Waals surface area (Å²) in [6.07, 6.45) is 0.275. The third-order valence-corrected chi connectivity index (χ3v) is 1.57. The molecule has 0 bridgehead atoms. The first-order valence-corrected chi connectivity index (χ1v) is 4.08. The molecule has 0 saturated heterocycles. The molecule has 0 N–H and O–H groups in total. The van der Waals surface area contributed by atoms with Crippen molar-refractivity contribution in [1.82, 2.24) is 0 Å².